The van der Waals surface area contributed by atoms with Crippen molar-refractivity contribution in [2.45, 2.75) is 12.8 Å². The van der Waals surface area contributed by atoms with Crippen LogP contribution in [0, 0.1) is 0 Å². The number of unbranched alkanes of at least 4 members (excludes halogenated alkanes) is 1. The van der Waals surface area contributed by atoms with Crippen molar-refractivity contribution in [1.29, 1.82) is 0 Å². The predicted molar refractivity (Wildman–Crippen MR) is 74.4 cm³/mol. The van der Waals surface area contributed by atoms with E-state index in [1.54, 1.807) is 19.2 Å². The van der Waals surface area contributed by atoms with E-state index in [0.717, 1.165) is 23.8 Å². The summed E-state index contributed by atoms with van der Waals surface area (Å²) >= 11 is 1.26. The number of nitrogens with one attached hydrogen (secondary N) is 1. The second-order valence-corrected chi connectivity index (χ2v) is 4.94. The molecule has 6 heteroatoms. The third kappa shape index (κ3) is 6.17. The summed E-state index contributed by atoms with van der Waals surface area (Å²) in [4.78, 5) is 23.4. The number of rotatable bonds is 8. The van der Waals surface area contributed by atoms with Gasteiger partial charge in [-0.1, -0.05) is 0 Å². The number of amides is 1. The molecule has 1 aromatic rings. The number of methoxy groups -OCH3 is 1. The quantitative estimate of drug-likeness (QED) is 0.565. The normalized spacial score (nSPS) is 10.8. The fraction of sp³-hybridized carbons (Fsp3) is 0.385. The van der Waals surface area contributed by atoms with Crippen LogP contribution in [0.15, 0.2) is 18.2 Å². The number of hydrogen-bond donors (Lipinski definition) is 2. The number of carbonyl (C=O) groups excluding carboxylic acids is 1. The Morgan fingerprint density at radius 3 is 2.89 bits per heavy atom. The second kappa shape index (κ2) is 8.44. The molecular weight excluding hydrogens is 266 g/mol. The summed E-state index contributed by atoms with van der Waals surface area (Å²) in [7, 11) is 1.65. The van der Waals surface area contributed by atoms with Gasteiger partial charge in [-0.2, -0.15) is 0 Å². The Hall–Kier alpha value is -1.66. The minimum Gasteiger partial charge on any atom is -0.478 e. The maximum Gasteiger partial charge on any atom is 0.328 e. The van der Waals surface area contributed by atoms with Gasteiger partial charge in [-0.05, 0) is 31.1 Å². The molecule has 0 saturated carbocycles. The highest BCUT2D eigenvalue weighted by molar-refractivity contribution is 7.14. The van der Waals surface area contributed by atoms with E-state index in [2.05, 4.69) is 5.32 Å². The van der Waals surface area contributed by atoms with Crippen molar-refractivity contribution in [3.8, 4) is 0 Å². The first-order valence-electron chi connectivity index (χ1n) is 5.91. The maximum absolute atomic E-state index is 11.8. The second-order valence-electron chi connectivity index (χ2n) is 3.83. The minimum absolute atomic E-state index is 0.127. The summed E-state index contributed by atoms with van der Waals surface area (Å²) < 4.78 is 4.92. The van der Waals surface area contributed by atoms with Crippen LogP contribution in [0.4, 0.5) is 0 Å². The highest BCUT2D eigenvalue weighted by Gasteiger charge is 2.07. The molecule has 5 nitrogen and oxygen atoms in total. The summed E-state index contributed by atoms with van der Waals surface area (Å²) in [6.07, 6.45) is 4.31. The zero-order chi connectivity index (χ0) is 14.1. The first kappa shape index (κ1) is 15.4. The van der Waals surface area contributed by atoms with E-state index in [-0.39, 0.29) is 5.91 Å². The van der Waals surface area contributed by atoms with Crippen molar-refractivity contribution in [2.75, 3.05) is 20.3 Å². The van der Waals surface area contributed by atoms with Gasteiger partial charge in [0.05, 0.1) is 4.88 Å². The van der Waals surface area contributed by atoms with Crippen LogP contribution in [0.3, 0.4) is 0 Å². The Labute approximate surface area is 115 Å². The average molecular weight is 283 g/mol. The Bertz CT molecular complexity index is 453. The molecule has 2 N–H and O–H groups in total. The van der Waals surface area contributed by atoms with E-state index >= 15 is 0 Å². The summed E-state index contributed by atoms with van der Waals surface area (Å²) in [6.45, 7) is 1.30. The summed E-state index contributed by atoms with van der Waals surface area (Å²) in [6, 6.07) is 3.42. The third-order valence-corrected chi connectivity index (χ3v) is 3.35. The van der Waals surface area contributed by atoms with Crippen LogP contribution in [0.2, 0.25) is 0 Å². The highest BCUT2D eigenvalue weighted by atomic mass is 32.1. The molecule has 0 aliphatic heterocycles. The first-order valence-corrected chi connectivity index (χ1v) is 6.73. The molecule has 0 saturated heterocycles. The molecule has 0 aromatic carbocycles. The maximum atomic E-state index is 11.8. The smallest absolute Gasteiger partial charge is 0.328 e. The summed E-state index contributed by atoms with van der Waals surface area (Å²) in [5, 5.41) is 11.3. The minimum atomic E-state index is -1.00. The van der Waals surface area contributed by atoms with Crippen LogP contribution in [-0.4, -0.2) is 37.2 Å². The highest BCUT2D eigenvalue weighted by Crippen LogP contribution is 2.17. The van der Waals surface area contributed by atoms with Crippen molar-refractivity contribution in [3.05, 3.63) is 28.0 Å². The van der Waals surface area contributed by atoms with E-state index in [4.69, 9.17) is 9.84 Å². The predicted octanol–water partition coefficient (Wildman–Crippen LogP) is 2.00. The van der Waals surface area contributed by atoms with Crippen molar-refractivity contribution in [3.63, 3.8) is 0 Å². The molecule has 0 aliphatic carbocycles. The lowest BCUT2D eigenvalue weighted by Crippen LogP contribution is -2.23. The van der Waals surface area contributed by atoms with Gasteiger partial charge in [-0.3, -0.25) is 4.79 Å². The topological polar surface area (TPSA) is 75.6 Å². The van der Waals surface area contributed by atoms with Crippen LogP contribution in [0.1, 0.15) is 27.4 Å². The lowest BCUT2D eigenvalue weighted by Gasteiger charge is -2.02. The van der Waals surface area contributed by atoms with Crippen molar-refractivity contribution in [1.82, 2.24) is 5.32 Å². The van der Waals surface area contributed by atoms with Gasteiger partial charge < -0.3 is 15.2 Å². The van der Waals surface area contributed by atoms with Crippen molar-refractivity contribution >= 4 is 29.3 Å². The van der Waals surface area contributed by atoms with E-state index in [1.807, 2.05) is 0 Å². The number of carboxylic acid groups (broad SMARTS) is 1. The molecule has 0 aliphatic rings. The molecule has 0 spiro atoms. The number of thiophene rings is 1. The van der Waals surface area contributed by atoms with Crippen molar-refractivity contribution < 1.29 is 19.4 Å². The molecule has 1 rings (SSSR count). The van der Waals surface area contributed by atoms with Gasteiger partial charge in [-0.15, -0.1) is 11.3 Å². The molecule has 1 amide bonds. The lowest BCUT2D eigenvalue weighted by molar-refractivity contribution is -0.131. The van der Waals surface area contributed by atoms with Gasteiger partial charge in [0.2, 0.25) is 0 Å². The Morgan fingerprint density at radius 2 is 2.21 bits per heavy atom. The largest absolute Gasteiger partial charge is 0.478 e. The summed E-state index contributed by atoms with van der Waals surface area (Å²) in [5.41, 5.74) is 0. The SMILES string of the molecule is COCCCCNC(=O)c1ccc(C=CC(=O)O)s1. The number of carbonyl (C=O) groups is 2. The lowest BCUT2D eigenvalue weighted by atomic mass is 10.3. The summed E-state index contributed by atoms with van der Waals surface area (Å²) in [5.74, 6) is -1.13. The van der Waals surface area contributed by atoms with Gasteiger partial charge in [0.25, 0.3) is 5.91 Å². The van der Waals surface area contributed by atoms with Crippen LogP contribution in [0.5, 0.6) is 0 Å². The first-order chi connectivity index (χ1) is 9.13. The molecule has 19 heavy (non-hydrogen) atoms. The van der Waals surface area contributed by atoms with Crippen LogP contribution in [0.25, 0.3) is 6.08 Å². The zero-order valence-electron chi connectivity index (χ0n) is 10.7. The van der Waals surface area contributed by atoms with Gasteiger partial charge in [-0.25, -0.2) is 4.79 Å². The number of aliphatic carboxylic acids is 1. The van der Waals surface area contributed by atoms with Gasteiger partial charge in [0.15, 0.2) is 0 Å². The van der Waals surface area contributed by atoms with E-state index < -0.39 is 5.97 Å². The molecule has 1 heterocycles. The van der Waals surface area contributed by atoms with Crippen molar-refractivity contribution in [2.24, 2.45) is 0 Å². The number of carboxylic acids is 1. The average Bonchev–Trinajstić information content (AvgIpc) is 2.84. The molecule has 0 radical (unpaired) electrons. The van der Waals surface area contributed by atoms with Crippen LogP contribution in [-0.2, 0) is 9.53 Å². The van der Waals surface area contributed by atoms with Crippen LogP contribution >= 0.6 is 11.3 Å². The molecule has 0 fully saturated rings. The fourth-order valence-corrected chi connectivity index (χ4v) is 2.21. The standard InChI is InChI=1S/C13H17NO4S/c1-18-9-3-2-8-14-13(17)11-6-4-10(19-11)5-7-12(15)16/h4-7H,2-3,8-9H2,1H3,(H,14,17)(H,15,16). The molecule has 104 valence electrons. The molecular formula is C13H17NO4S. The molecule has 0 atom stereocenters. The van der Waals surface area contributed by atoms with Crippen LogP contribution < -0.4 is 5.32 Å². The zero-order valence-corrected chi connectivity index (χ0v) is 11.5. The molecule has 0 bridgehead atoms. The van der Waals surface area contributed by atoms with E-state index in [0.29, 0.717) is 18.0 Å². The van der Waals surface area contributed by atoms with Gasteiger partial charge in [0, 0.05) is 31.2 Å². The Morgan fingerprint density at radius 1 is 1.42 bits per heavy atom. The van der Waals surface area contributed by atoms with Gasteiger partial charge in [0.1, 0.15) is 0 Å². The van der Waals surface area contributed by atoms with Gasteiger partial charge >= 0.3 is 5.97 Å². The fourth-order valence-electron chi connectivity index (χ4n) is 1.38. The Balaban J connectivity index is 2.38. The van der Waals surface area contributed by atoms with E-state index in [1.165, 1.54) is 17.4 Å². The third-order valence-electron chi connectivity index (χ3n) is 2.30. The molecule has 0 unspecified atom stereocenters. The monoisotopic (exact) mass is 283 g/mol. The number of ether oxygens (including phenoxy) is 1. The number of hydrogen-bond acceptors (Lipinski definition) is 4. The molecule has 1 aromatic heterocycles. The Kier molecular flexibility index (Phi) is 6.84. The van der Waals surface area contributed by atoms with E-state index in [9.17, 15) is 9.59 Å².